The summed E-state index contributed by atoms with van der Waals surface area (Å²) in [6, 6.07) is 6.45. The van der Waals surface area contributed by atoms with Crippen molar-refractivity contribution >= 4 is 5.71 Å². The number of nitrogens with zero attached hydrogens (tertiary/aromatic N) is 1. The number of benzene rings is 1. The lowest BCUT2D eigenvalue weighted by molar-refractivity contribution is 0.213. The maximum atomic E-state index is 13.0. The first kappa shape index (κ1) is 8.71. The predicted molar refractivity (Wildman–Crippen MR) is 45.6 cm³/mol. The van der Waals surface area contributed by atoms with Crippen LogP contribution >= 0.6 is 0 Å². The molecule has 12 heavy (non-hydrogen) atoms. The van der Waals surface area contributed by atoms with Gasteiger partial charge in [-0.25, -0.2) is 4.39 Å². The molecule has 0 fully saturated rings. The van der Waals surface area contributed by atoms with Gasteiger partial charge in [0.2, 0.25) is 0 Å². The third-order valence-electron chi connectivity index (χ3n) is 1.49. The molecule has 0 N–H and O–H groups in total. The standard InChI is InChI=1S/C9H10FNO/c1-7(11-12-2)8-5-3-4-6-9(8)10/h3-6H,1-2H3/b11-7-. The third-order valence-corrected chi connectivity index (χ3v) is 1.49. The van der Waals surface area contributed by atoms with Crippen molar-refractivity contribution < 1.29 is 9.23 Å². The Kier molecular flexibility index (Phi) is 2.80. The van der Waals surface area contributed by atoms with E-state index in [-0.39, 0.29) is 5.82 Å². The fraction of sp³-hybridized carbons (Fsp3) is 0.222. The Morgan fingerprint density at radius 2 is 2.08 bits per heavy atom. The van der Waals surface area contributed by atoms with Crippen LogP contribution in [0.2, 0.25) is 0 Å². The van der Waals surface area contributed by atoms with Gasteiger partial charge in [-0.05, 0) is 13.0 Å². The van der Waals surface area contributed by atoms with Crippen LogP contribution in [0.5, 0.6) is 0 Å². The molecule has 0 saturated carbocycles. The average molecular weight is 167 g/mol. The molecular formula is C9H10FNO. The summed E-state index contributed by atoms with van der Waals surface area (Å²) in [6.07, 6.45) is 0. The summed E-state index contributed by atoms with van der Waals surface area (Å²) in [5, 5.41) is 3.63. The highest BCUT2D eigenvalue weighted by Gasteiger charge is 2.03. The smallest absolute Gasteiger partial charge is 0.132 e. The van der Waals surface area contributed by atoms with E-state index in [0.29, 0.717) is 11.3 Å². The largest absolute Gasteiger partial charge is 0.399 e. The van der Waals surface area contributed by atoms with Gasteiger partial charge in [0, 0.05) is 5.56 Å². The summed E-state index contributed by atoms with van der Waals surface area (Å²) in [7, 11) is 1.43. The van der Waals surface area contributed by atoms with Gasteiger partial charge in [-0.3, -0.25) is 0 Å². The van der Waals surface area contributed by atoms with Gasteiger partial charge in [-0.15, -0.1) is 0 Å². The van der Waals surface area contributed by atoms with Crippen LogP contribution in [-0.4, -0.2) is 12.8 Å². The number of hydrogen-bond acceptors (Lipinski definition) is 2. The van der Waals surface area contributed by atoms with Crippen molar-refractivity contribution in [1.82, 2.24) is 0 Å². The van der Waals surface area contributed by atoms with Crippen LogP contribution in [0.4, 0.5) is 4.39 Å². The second-order valence-electron chi connectivity index (χ2n) is 2.34. The summed E-state index contributed by atoms with van der Waals surface area (Å²) in [6.45, 7) is 1.70. The summed E-state index contributed by atoms with van der Waals surface area (Å²) in [5.74, 6) is -0.282. The van der Waals surface area contributed by atoms with Crippen LogP contribution < -0.4 is 0 Å². The zero-order valence-corrected chi connectivity index (χ0v) is 7.04. The van der Waals surface area contributed by atoms with Crippen LogP contribution in [0.25, 0.3) is 0 Å². The molecule has 0 atom stereocenters. The van der Waals surface area contributed by atoms with Crippen molar-refractivity contribution in [3.63, 3.8) is 0 Å². The van der Waals surface area contributed by atoms with E-state index in [9.17, 15) is 4.39 Å². The molecule has 0 spiro atoms. The van der Waals surface area contributed by atoms with Crippen LogP contribution in [0.1, 0.15) is 12.5 Å². The first-order valence-corrected chi connectivity index (χ1v) is 3.58. The summed E-state index contributed by atoms with van der Waals surface area (Å²) >= 11 is 0. The molecular weight excluding hydrogens is 157 g/mol. The van der Waals surface area contributed by atoms with Crippen molar-refractivity contribution in [2.75, 3.05) is 7.11 Å². The summed E-state index contributed by atoms with van der Waals surface area (Å²) < 4.78 is 13.0. The van der Waals surface area contributed by atoms with E-state index in [1.807, 2.05) is 0 Å². The van der Waals surface area contributed by atoms with Crippen LogP contribution in [0.15, 0.2) is 29.4 Å². The molecule has 0 aliphatic rings. The second kappa shape index (κ2) is 3.85. The van der Waals surface area contributed by atoms with E-state index in [1.54, 1.807) is 25.1 Å². The SMILES string of the molecule is CO/N=C(/C)c1ccccc1F. The lowest BCUT2D eigenvalue weighted by Gasteiger charge is -1.99. The number of hydrogen-bond donors (Lipinski definition) is 0. The minimum absolute atomic E-state index is 0.282. The molecule has 0 saturated heterocycles. The molecule has 0 radical (unpaired) electrons. The molecule has 1 aromatic carbocycles. The first-order valence-electron chi connectivity index (χ1n) is 3.58. The molecule has 0 aromatic heterocycles. The number of rotatable bonds is 2. The molecule has 0 aliphatic carbocycles. The van der Waals surface area contributed by atoms with Crippen LogP contribution in [-0.2, 0) is 4.84 Å². The topological polar surface area (TPSA) is 21.6 Å². The van der Waals surface area contributed by atoms with Crippen LogP contribution in [0.3, 0.4) is 0 Å². The van der Waals surface area contributed by atoms with Gasteiger partial charge in [-0.1, -0.05) is 23.4 Å². The molecule has 1 aromatic rings. The zero-order valence-electron chi connectivity index (χ0n) is 7.04. The van der Waals surface area contributed by atoms with Crippen molar-refractivity contribution in [2.45, 2.75) is 6.92 Å². The van der Waals surface area contributed by atoms with E-state index >= 15 is 0 Å². The van der Waals surface area contributed by atoms with E-state index in [1.165, 1.54) is 13.2 Å². The van der Waals surface area contributed by atoms with Gasteiger partial charge in [0.25, 0.3) is 0 Å². The van der Waals surface area contributed by atoms with E-state index in [2.05, 4.69) is 9.99 Å². The second-order valence-corrected chi connectivity index (χ2v) is 2.34. The summed E-state index contributed by atoms with van der Waals surface area (Å²) in [4.78, 5) is 4.53. The quantitative estimate of drug-likeness (QED) is 0.488. The summed E-state index contributed by atoms with van der Waals surface area (Å²) in [5.41, 5.74) is 1.01. The van der Waals surface area contributed by atoms with Gasteiger partial charge in [-0.2, -0.15) is 0 Å². The lowest BCUT2D eigenvalue weighted by atomic mass is 10.1. The molecule has 0 unspecified atom stereocenters. The van der Waals surface area contributed by atoms with Crippen molar-refractivity contribution in [3.8, 4) is 0 Å². The molecule has 0 amide bonds. The average Bonchev–Trinajstić information content (AvgIpc) is 2.05. The predicted octanol–water partition coefficient (Wildman–Crippen LogP) is 2.20. The minimum atomic E-state index is -0.282. The molecule has 64 valence electrons. The van der Waals surface area contributed by atoms with Gasteiger partial charge in [0.1, 0.15) is 12.9 Å². The van der Waals surface area contributed by atoms with Crippen molar-refractivity contribution in [3.05, 3.63) is 35.6 Å². The fourth-order valence-corrected chi connectivity index (χ4v) is 0.941. The first-order chi connectivity index (χ1) is 5.75. The minimum Gasteiger partial charge on any atom is -0.399 e. The van der Waals surface area contributed by atoms with Crippen molar-refractivity contribution in [1.29, 1.82) is 0 Å². The van der Waals surface area contributed by atoms with E-state index in [4.69, 9.17) is 0 Å². The Hall–Kier alpha value is -1.38. The monoisotopic (exact) mass is 167 g/mol. The molecule has 1 rings (SSSR count). The Morgan fingerprint density at radius 3 is 2.67 bits per heavy atom. The Morgan fingerprint density at radius 1 is 1.42 bits per heavy atom. The highest BCUT2D eigenvalue weighted by molar-refractivity contribution is 5.98. The Bertz CT molecular complexity index is 296. The van der Waals surface area contributed by atoms with Gasteiger partial charge < -0.3 is 4.84 Å². The highest BCUT2D eigenvalue weighted by Crippen LogP contribution is 2.07. The fourth-order valence-electron chi connectivity index (χ4n) is 0.941. The maximum absolute atomic E-state index is 13.0. The Labute approximate surface area is 70.7 Å². The van der Waals surface area contributed by atoms with Crippen molar-refractivity contribution in [2.24, 2.45) is 5.16 Å². The van der Waals surface area contributed by atoms with E-state index in [0.717, 1.165) is 0 Å². The maximum Gasteiger partial charge on any atom is 0.132 e. The lowest BCUT2D eigenvalue weighted by Crippen LogP contribution is -1.98. The Balaban J connectivity index is 3.02. The molecule has 0 aliphatic heterocycles. The number of oxime groups is 1. The van der Waals surface area contributed by atoms with Gasteiger partial charge >= 0.3 is 0 Å². The zero-order chi connectivity index (χ0) is 8.97. The molecule has 2 nitrogen and oxygen atoms in total. The van der Waals surface area contributed by atoms with Gasteiger partial charge in [0.15, 0.2) is 0 Å². The molecule has 0 bridgehead atoms. The molecule has 0 heterocycles. The normalized spacial score (nSPS) is 11.4. The number of halogens is 1. The highest BCUT2D eigenvalue weighted by atomic mass is 19.1. The third kappa shape index (κ3) is 1.81. The van der Waals surface area contributed by atoms with Gasteiger partial charge in [0.05, 0.1) is 5.71 Å². The van der Waals surface area contributed by atoms with Crippen LogP contribution in [0, 0.1) is 5.82 Å². The van der Waals surface area contributed by atoms with E-state index < -0.39 is 0 Å². The molecule has 3 heteroatoms.